The van der Waals surface area contributed by atoms with Gasteiger partial charge in [-0.25, -0.2) is 0 Å². The fourth-order valence-corrected chi connectivity index (χ4v) is 3.85. The van der Waals surface area contributed by atoms with Crippen LogP contribution in [0.25, 0.3) is 0 Å². The van der Waals surface area contributed by atoms with Crippen LogP contribution in [-0.2, 0) is 12.8 Å². The summed E-state index contributed by atoms with van der Waals surface area (Å²) < 4.78 is 0. The van der Waals surface area contributed by atoms with Gasteiger partial charge in [0.25, 0.3) is 0 Å². The summed E-state index contributed by atoms with van der Waals surface area (Å²) in [5.41, 5.74) is 10.8. The first-order chi connectivity index (χ1) is 11.5. The predicted molar refractivity (Wildman–Crippen MR) is 98.2 cm³/mol. The second kappa shape index (κ2) is 7.35. The number of aryl methyl sites for hydroxylation is 1. The van der Waals surface area contributed by atoms with Crippen LogP contribution >= 0.6 is 0 Å². The molecule has 1 aliphatic rings. The number of benzene rings is 1. The zero-order valence-electron chi connectivity index (χ0n) is 14.7. The smallest absolute Gasteiger partial charge is 0.118 e. The fourth-order valence-electron chi connectivity index (χ4n) is 3.85. The molecule has 1 saturated carbocycles. The summed E-state index contributed by atoms with van der Waals surface area (Å²) >= 11 is 0. The molecule has 1 aromatic heterocycles. The molecule has 3 heteroatoms. The van der Waals surface area contributed by atoms with Gasteiger partial charge in [0.15, 0.2) is 0 Å². The van der Waals surface area contributed by atoms with Gasteiger partial charge in [0, 0.05) is 23.3 Å². The van der Waals surface area contributed by atoms with Crippen LogP contribution in [0.4, 0.5) is 0 Å². The maximum Gasteiger partial charge on any atom is 0.118 e. The van der Waals surface area contributed by atoms with E-state index in [1.807, 2.05) is 18.2 Å². The van der Waals surface area contributed by atoms with Crippen molar-refractivity contribution in [2.45, 2.75) is 57.9 Å². The molecule has 1 fully saturated rings. The molecule has 2 aromatic rings. The molecule has 1 heterocycles. The second-order valence-corrected chi connectivity index (χ2v) is 7.39. The molecule has 0 radical (unpaired) electrons. The summed E-state index contributed by atoms with van der Waals surface area (Å²) in [5, 5.41) is 9.89. The average molecular weight is 324 g/mol. The zero-order valence-corrected chi connectivity index (χ0v) is 14.7. The van der Waals surface area contributed by atoms with Crippen molar-refractivity contribution in [2.24, 2.45) is 11.7 Å². The summed E-state index contributed by atoms with van der Waals surface area (Å²) in [4.78, 5) is 4.86. The Balaban J connectivity index is 1.65. The summed E-state index contributed by atoms with van der Waals surface area (Å²) in [6.45, 7) is 4.42. The quantitative estimate of drug-likeness (QED) is 0.870. The Hall–Kier alpha value is -1.87. The molecule has 3 N–H and O–H groups in total. The van der Waals surface area contributed by atoms with Crippen molar-refractivity contribution in [3.05, 3.63) is 58.9 Å². The van der Waals surface area contributed by atoms with Crippen LogP contribution in [0.5, 0.6) is 5.75 Å². The average Bonchev–Trinajstić information content (AvgIpc) is 2.98. The number of aromatic nitrogens is 1. The van der Waals surface area contributed by atoms with E-state index < -0.39 is 0 Å². The number of nitrogens with zero attached hydrogens (tertiary/aromatic N) is 1. The van der Waals surface area contributed by atoms with Crippen molar-refractivity contribution in [1.29, 1.82) is 0 Å². The van der Waals surface area contributed by atoms with Crippen LogP contribution in [0.2, 0.25) is 0 Å². The Morgan fingerprint density at radius 2 is 1.88 bits per heavy atom. The first-order valence-electron chi connectivity index (χ1n) is 9.01. The topological polar surface area (TPSA) is 59.1 Å². The van der Waals surface area contributed by atoms with Gasteiger partial charge in [-0.05, 0) is 61.8 Å². The lowest BCUT2D eigenvalue weighted by atomic mass is 9.96. The maximum atomic E-state index is 9.89. The van der Waals surface area contributed by atoms with Gasteiger partial charge in [-0.1, -0.05) is 37.6 Å². The molecule has 0 amide bonds. The molecule has 24 heavy (non-hydrogen) atoms. The molecule has 1 aromatic carbocycles. The van der Waals surface area contributed by atoms with E-state index in [0.717, 1.165) is 23.6 Å². The molecule has 0 aliphatic heterocycles. The van der Waals surface area contributed by atoms with Gasteiger partial charge < -0.3 is 10.8 Å². The van der Waals surface area contributed by atoms with Gasteiger partial charge in [-0.15, -0.1) is 0 Å². The monoisotopic (exact) mass is 324 g/mol. The lowest BCUT2D eigenvalue weighted by molar-refractivity contribution is 0.464. The van der Waals surface area contributed by atoms with E-state index in [0.29, 0.717) is 18.1 Å². The third-order valence-electron chi connectivity index (χ3n) is 5.29. The molecule has 0 spiro atoms. The van der Waals surface area contributed by atoms with Crippen molar-refractivity contribution < 1.29 is 5.11 Å². The largest absolute Gasteiger partial charge is 0.508 e. The van der Waals surface area contributed by atoms with Crippen molar-refractivity contribution in [3.8, 4) is 5.75 Å². The van der Waals surface area contributed by atoms with Gasteiger partial charge in [0.1, 0.15) is 5.75 Å². The van der Waals surface area contributed by atoms with Crippen LogP contribution in [-0.4, -0.2) is 16.1 Å². The van der Waals surface area contributed by atoms with Gasteiger partial charge in [0.05, 0.1) is 0 Å². The minimum Gasteiger partial charge on any atom is -0.508 e. The summed E-state index contributed by atoms with van der Waals surface area (Å²) in [6, 6.07) is 11.8. The first-order valence-corrected chi connectivity index (χ1v) is 9.01. The number of pyridine rings is 1. The van der Waals surface area contributed by atoms with E-state index in [1.165, 1.54) is 30.5 Å². The molecule has 3 rings (SSSR count). The van der Waals surface area contributed by atoms with E-state index in [4.69, 9.17) is 10.7 Å². The van der Waals surface area contributed by atoms with Crippen LogP contribution in [0, 0.1) is 12.8 Å². The number of rotatable bonds is 5. The van der Waals surface area contributed by atoms with E-state index >= 15 is 0 Å². The number of para-hydroxylation sites is 1. The number of nitrogens with two attached hydrogens (primary N) is 1. The number of phenols is 1. The zero-order chi connectivity index (χ0) is 17.1. The molecule has 3 unspecified atom stereocenters. The number of phenolic OH excluding ortho intramolecular Hbond substituents is 1. The summed E-state index contributed by atoms with van der Waals surface area (Å²) in [6.07, 6.45) is 5.31. The highest BCUT2D eigenvalue weighted by molar-refractivity contribution is 5.33. The van der Waals surface area contributed by atoms with E-state index in [9.17, 15) is 5.11 Å². The van der Waals surface area contributed by atoms with Crippen LogP contribution in [0.1, 0.15) is 54.6 Å². The van der Waals surface area contributed by atoms with Crippen molar-refractivity contribution in [1.82, 2.24) is 4.98 Å². The Morgan fingerprint density at radius 1 is 1.12 bits per heavy atom. The molecule has 3 nitrogen and oxygen atoms in total. The molecule has 3 atom stereocenters. The van der Waals surface area contributed by atoms with Crippen LogP contribution in [0.15, 0.2) is 36.4 Å². The SMILES string of the molecule is Cc1nc(C2CCC(C)C2)ccc1CC(N)Cc1ccccc1O. The molecule has 1 aliphatic carbocycles. The Bertz CT molecular complexity index is 698. The lowest BCUT2D eigenvalue weighted by Gasteiger charge is -2.16. The molecule has 0 bridgehead atoms. The maximum absolute atomic E-state index is 9.89. The highest BCUT2D eigenvalue weighted by Crippen LogP contribution is 2.37. The van der Waals surface area contributed by atoms with Gasteiger partial charge in [-0.2, -0.15) is 0 Å². The van der Waals surface area contributed by atoms with Gasteiger partial charge in [-0.3, -0.25) is 4.98 Å². The molecule has 0 saturated heterocycles. The van der Waals surface area contributed by atoms with Crippen LogP contribution < -0.4 is 5.73 Å². The first kappa shape index (κ1) is 17.0. The highest BCUT2D eigenvalue weighted by atomic mass is 16.3. The van der Waals surface area contributed by atoms with E-state index in [1.54, 1.807) is 6.07 Å². The number of hydrogen-bond donors (Lipinski definition) is 2. The van der Waals surface area contributed by atoms with E-state index in [-0.39, 0.29) is 6.04 Å². The van der Waals surface area contributed by atoms with Crippen molar-refractivity contribution >= 4 is 0 Å². The summed E-state index contributed by atoms with van der Waals surface area (Å²) in [5.74, 6) is 1.78. The summed E-state index contributed by atoms with van der Waals surface area (Å²) in [7, 11) is 0. The Morgan fingerprint density at radius 3 is 2.54 bits per heavy atom. The molecule has 128 valence electrons. The third-order valence-corrected chi connectivity index (χ3v) is 5.29. The Labute approximate surface area is 144 Å². The fraction of sp³-hybridized carbons (Fsp3) is 0.476. The minimum atomic E-state index is -0.0175. The lowest BCUT2D eigenvalue weighted by Crippen LogP contribution is -2.26. The predicted octanol–water partition coefficient (Wildman–Crippen LogP) is 4.11. The van der Waals surface area contributed by atoms with E-state index in [2.05, 4.69) is 26.0 Å². The van der Waals surface area contributed by atoms with Gasteiger partial charge >= 0.3 is 0 Å². The third kappa shape index (κ3) is 3.96. The van der Waals surface area contributed by atoms with Gasteiger partial charge in [0.2, 0.25) is 0 Å². The minimum absolute atomic E-state index is 0.0175. The number of hydrogen-bond acceptors (Lipinski definition) is 3. The second-order valence-electron chi connectivity index (χ2n) is 7.39. The normalized spacial score (nSPS) is 21.8. The molecular weight excluding hydrogens is 296 g/mol. The highest BCUT2D eigenvalue weighted by Gasteiger charge is 2.24. The van der Waals surface area contributed by atoms with Crippen molar-refractivity contribution in [3.63, 3.8) is 0 Å². The Kier molecular flexibility index (Phi) is 5.20. The molecular formula is C21H28N2O. The van der Waals surface area contributed by atoms with Crippen LogP contribution in [0.3, 0.4) is 0 Å². The van der Waals surface area contributed by atoms with Crippen molar-refractivity contribution in [2.75, 3.05) is 0 Å². The number of aromatic hydroxyl groups is 1. The standard InChI is InChI=1S/C21H28N2O/c1-14-7-8-17(11-14)20-10-9-16(15(2)23-20)12-19(22)13-18-5-3-4-6-21(18)24/h3-6,9-10,14,17,19,24H,7-8,11-13,22H2,1-2H3.